The van der Waals surface area contributed by atoms with Gasteiger partial charge in [-0.3, -0.25) is 9.59 Å². The number of hydrogen-bond donors (Lipinski definition) is 1. The first kappa shape index (κ1) is 30.0. The molecule has 1 saturated carbocycles. The van der Waals surface area contributed by atoms with E-state index in [0.717, 1.165) is 63.7 Å². The number of nitrogens with zero attached hydrogens (tertiary/aromatic N) is 1. The third-order valence-corrected chi connectivity index (χ3v) is 8.24. The molecule has 0 saturated heterocycles. The van der Waals surface area contributed by atoms with Crippen LogP contribution in [-0.2, 0) is 17.6 Å². The van der Waals surface area contributed by atoms with E-state index in [-0.39, 0.29) is 23.7 Å². The molecule has 1 N–H and O–H groups in total. The number of carbonyl (C=O) groups is 3. The molecule has 40 heavy (non-hydrogen) atoms. The quantitative estimate of drug-likeness (QED) is 0.312. The standard InChI is InChI=1S/C34H46N2O4/c1-23(2)31(37)27-13-12-25-17-20-36(21-18-26(25)22-27)19-16-24-10-14-28(15-11-24)35-32(38)29-8-6-7-9-30(29)33(39)40-34(3,4)5/h6-9,12-13,22-24,28H,10-11,14-21H2,1-5H3,(H,35,38)/t24-,28-. The fourth-order valence-electron chi connectivity index (χ4n) is 5.90. The Hall–Kier alpha value is -2.99. The number of benzene rings is 2. The van der Waals surface area contributed by atoms with Gasteiger partial charge in [-0.2, -0.15) is 0 Å². The predicted octanol–water partition coefficient (Wildman–Crippen LogP) is 6.26. The number of ketones is 1. The lowest BCUT2D eigenvalue weighted by Gasteiger charge is -2.31. The molecule has 0 spiro atoms. The normalized spacial score (nSPS) is 19.9. The van der Waals surface area contributed by atoms with Crippen LogP contribution in [0.15, 0.2) is 42.5 Å². The summed E-state index contributed by atoms with van der Waals surface area (Å²) in [5.41, 5.74) is 3.63. The van der Waals surface area contributed by atoms with Crippen LogP contribution in [0.3, 0.4) is 0 Å². The van der Waals surface area contributed by atoms with Crippen LogP contribution in [0.5, 0.6) is 0 Å². The Kier molecular flexibility index (Phi) is 9.83. The summed E-state index contributed by atoms with van der Waals surface area (Å²) in [6.07, 6.45) is 7.34. The average Bonchev–Trinajstić information content (AvgIpc) is 3.13. The highest BCUT2D eigenvalue weighted by Crippen LogP contribution is 2.28. The van der Waals surface area contributed by atoms with Crippen molar-refractivity contribution in [1.29, 1.82) is 0 Å². The molecule has 6 nitrogen and oxygen atoms in total. The SMILES string of the molecule is CC(C)C(=O)c1ccc2c(c1)CCN(CC[C@H]1CC[C@H](NC(=O)c3ccccc3C(=O)OC(C)(C)C)CC1)CC2. The van der Waals surface area contributed by atoms with Gasteiger partial charge in [-0.25, -0.2) is 4.79 Å². The number of Topliss-reactive ketones (excluding diaryl/α,β-unsaturated/α-hetero) is 1. The van der Waals surface area contributed by atoms with Gasteiger partial charge < -0.3 is 15.0 Å². The number of esters is 1. The van der Waals surface area contributed by atoms with Crippen LogP contribution < -0.4 is 5.32 Å². The Morgan fingerprint density at radius 3 is 2.23 bits per heavy atom. The van der Waals surface area contributed by atoms with Crippen molar-refractivity contribution >= 4 is 17.7 Å². The molecule has 1 heterocycles. The first-order valence-electron chi connectivity index (χ1n) is 15.0. The lowest BCUT2D eigenvalue weighted by Crippen LogP contribution is -2.39. The van der Waals surface area contributed by atoms with Crippen molar-refractivity contribution < 1.29 is 19.1 Å². The first-order chi connectivity index (χ1) is 19.0. The molecule has 1 aliphatic heterocycles. The van der Waals surface area contributed by atoms with E-state index in [1.54, 1.807) is 24.3 Å². The minimum absolute atomic E-state index is 0.0248. The molecule has 216 valence electrons. The highest BCUT2D eigenvalue weighted by atomic mass is 16.6. The second-order valence-electron chi connectivity index (χ2n) is 12.9. The van der Waals surface area contributed by atoms with E-state index in [0.29, 0.717) is 17.0 Å². The lowest BCUT2D eigenvalue weighted by atomic mass is 9.84. The van der Waals surface area contributed by atoms with Gasteiger partial charge in [0.25, 0.3) is 5.91 Å². The third kappa shape index (κ3) is 8.03. The van der Waals surface area contributed by atoms with E-state index >= 15 is 0 Å². The van der Waals surface area contributed by atoms with Gasteiger partial charge in [-0.05, 0) is 108 Å². The fourth-order valence-corrected chi connectivity index (χ4v) is 5.90. The lowest BCUT2D eigenvalue weighted by molar-refractivity contribution is 0.00673. The number of carbonyl (C=O) groups excluding carboxylic acids is 3. The summed E-state index contributed by atoms with van der Waals surface area (Å²) < 4.78 is 5.51. The van der Waals surface area contributed by atoms with Gasteiger partial charge in [0.1, 0.15) is 5.60 Å². The molecule has 6 heteroatoms. The molecule has 1 amide bonds. The Bertz CT molecular complexity index is 1200. The molecule has 0 radical (unpaired) electrons. The van der Waals surface area contributed by atoms with Gasteiger partial charge in [0.15, 0.2) is 5.78 Å². The summed E-state index contributed by atoms with van der Waals surface area (Å²) >= 11 is 0. The van der Waals surface area contributed by atoms with Crippen LogP contribution in [-0.4, -0.2) is 53.8 Å². The molecule has 0 unspecified atom stereocenters. The smallest absolute Gasteiger partial charge is 0.339 e. The van der Waals surface area contributed by atoms with Gasteiger partial charge in [-0.1, -0.05) is 38.1 Å². The number of fused-ring (bicyclic) bond motifs is 1. The van der Waals surface area contributed by atoms with Crippen molar-refractivity contribution in [3.8, 4) is 0 Å². The maximum absolute atomic E-state index is 13.1. The molecule has 2 aromatic carbocycles. The van der Waals surface area contributed by atoms with Crippen LogP contribution in [0.2, 0.25) is 0 Å². The molecule has 1 fully saturated rings. The van der Waals surface area contributed by atoms with Crippen molar-refractivity contribution in [2.24, 2.45) is 11.8 Å². The molecule has 0 aromatic heterocycles. The number of nitrogens with one attached hydrogen (secondary N) is 1. The third-order valence-electron chi connectivity index (χ3n) is 8.24. The Morgan fingerprint density at radius 2 is 1.57 bits per heavy atom. The molecule has 2 aromatic rings. The number of ether oxygens (including phenoxy) is 1. The maximum atomic E-state index is 13.1. The molecular weight excluding hydrogens is 500 g/mol. The zero-order valence-corrected chi connectivity index (χ0v) is 24.9. The Balaban J connectivity index is 1.23. The fraction of sp³-hybridized carbons (Fsp3) is 0.559. The topological polar surface area (TPSA) is 75.7 Å². The highest BCUT2D eigenvalue weighted by Gasteiger charge is 2.27. The van der Waals surface area contributed by atoms with Gasteiger partial charge in [0, 0.05) is 30.6 Å². The summed E-state index contributed by atoms with van der Waals surface area (Å²) in [6.45, 7) is 12.6. The maximum Gasteiger partial charge on any atom is 0.339 e. The van der Waals surface area contributed by atoms with Crippen molar-refractivity contribution in [2.45, 2.75) is 91.2 Å². The molecule has 0 atom stereocenters. The van der Waals surface area contributed by atoms with Crippen LogP contribution in [0.25, 0.3) is 0 Å². The van der Waals surface area contributed by atoms with Crippen LogP contribution in [0, 0.1) is 11.8 Å². The van der Waals surface area contributed by atoms with Crippen LogP contribution in [0.4, 0.5) is 0 Å². The van der Waals surface area contributed by atoms with Crippen molar-refractivity contribution in [1.82, 2.24) is 10.2 Å². The van der Waals surface area contributed by atoms with E-state index in [4.69, 9.17) is 4.74 Å². The largest absolute Gasteiger partial charge is 0.456 e. The first-order valence-corrected chi connectivity index (χ1v) is 15.0. The van der Waals surface area contributed by atoms with Gasteiger partial charge in [0.2, 0.25) is 0 Å². The number of amides is 1. The summed E-state index contributed by atoms with van der Waals surface area (Å²) in [4.78, 5) is 40.8. The number of rotatable bonds is 8. The van der Waals surface area contributed by atoms with E-state index in [2.05, 4.69) is 22.3 Å². The molecular formula is C34H46N2O4. The molecule has 4 rings (SSSR count). The second-order valence-corrected chi connectivity index (χ2v) is 12.9. The summed E-state index contributed by atoms with van der Waals surface area (Å²) in [6, 6.07) is 13.3. The summed E-state index contributed by atoms with van der Waals surface area (Å²) in [5, 5.41) is 3.18. The Morgan fingerprint density at radius 1 is 0.925 bits per heavy atom. The van der Waals surface area contributed by atoms with Crippen molar-refractivity contribution in [3.05, 3.63) is 70.3 Å². The monoisotopic (exact) mass is 546 g/mol. The zero-order chi connectivity index (χ0) is 28.9. The van der Waals surface area contributed by atoms with Gasteiger partial charge >= 0.3 is 5.97 Å². The molecule has 1 aliphatic carbocycles. The molecule has 0 bridgehead atoms. The second kappa shape index (κ2) is 13.1. The minimum atomic E-state index is -0.617. The zero-order valence-electron chi connectivity index (χ0n) is 24.9. The Labute approximate surface area is 239 Å². The van der Waals surface area contributed by atoms with Crippen molar-refractivity contribution in [3.63, 3.8) is 0 Å². The summed E-state index contributed by atoms with van der Waals surface area (Å²) in [5.74, 6) is 0.248. The average molecular weight is 547 g/mol. The van der Waals surface area contributed by atoms with E-state index in [9.17, 15) is 14.4 Å². The van der Waals surface area contributed by atoms with Gasteiger partial charge in [0.05, 0.1) is 11.1 Å². The van der Waals surface area contributed by atoms with Crippen LogP contribution >= 0.6 is 0 Å². The highest BCUT2D eigenvalue weighted by molar-refractivity contribution is 6.05. The van der Waals surface area contributed by atoms with Crippen LogP contribution in [0.1, 0.15) is 109 Å². The van der Waals surface area contributed by atoms with E-state index in [1.165, 1.54) is 17.5 Å². The van der Waals surface area contributed by atoms with E-state index in [1.807, 2.05) is 40.7 Å². The van der Waals surface area contributed by atoms with E-state index < -0.39 is 11.6 Å². The van der Waals surface area contributed by atoms with Crippen molar-refractivity contribution in [2.75, 3.05) is 19.6 Å². The number of hydrogen-bond acceptors (Lipinski definition) is 5. The predicted molar refractivity (Wildman–Crippen MR) is 159 cm³/mol. The van der Waals surface area contributed by atoms with Gasteiger partial charge in [-0.15, -0.1) is 0 Å². The molecule has 2 aliphatic rings. The summed E-state index contributed by atoms with van der Waals surface area (Å²) in [7, 11) is 0. The minimum Gasteiger partial charge on any atom is -0.456 e.